The van der Waals surface area contributed by atoms with Crippen molar-refractivity contribution >= 4 is 23.2 Å². The fraction of sp³-hybridized carbons (Fsp3) is 0.400. The molecule has 1 aromatic rings. The quantitative estimate of drug-likeness (QED) is 0.678. The lowest BCUT2D eigenvalue weighted by Gasteiger charge is -2.19. The number of nitrogens with one attached hydrogen (secondary N) is 1. The number of halogens is 1. The van der Waals surface area contributed by atoms with Crippen LogP contribution in [0.4, 0.5) is 5.69 Å². The molecule has 0 saturated heterocycles. The van der Waals surface area contributed by atoms with Crippen LogP contribution >= 0.6 is 11.6 Å². The molecule has 0 unspecified atom stereocenters. The molecular weight excluding hydrogens is 262 g/mol. The van der Waals surface area contributed by atoms with Gasteiger partial charge in [0.25, 0.3) is 0 Å². The molecule has 1 aliphatic rings. The Labute approximate surface area is 118 Å². The summed E-state index contributed by atoms with van der Waals surface area (Å²) in [6.07, 6.45) is 3.71. The first-order chi connectivity index (χ1) is 8.98. The van der Waals surface area contributed by atoms with Gasteiger partial charge in [0.05, 0.1) is 11.1 Å². The van der Waals surface area contributed by atoms with E-state index in [0.29, 0.717) is 12.5 Å². The van der Waals surface area contributed by atoms with E-state index in [1.165, 1.54) is 0 Å². The van der Waals surface area contributed by atoms with Crippen molar-refractivity contribution in [3.05, 3.63) is 35.4 Å². The Morgan fingerprint density at radius 3 is 2.79 bits per heavy atom. The maximum atomic E-state index is 12.0. The van der Waals surface area contributed by atoms with E-state index in [4.69, 9.17) is 16.3 Å². The van der Waals surface area contributed by atoms with Crippen LogP contribution in [-0.2, 0) is 10.2 Å². The lowest BCUT2D eigenvalue weighted by molar-refractivity contribution is -0.119. The molecule has 0 bridgehead atoms. The van der Waals surface area contributed by atoms with Gasteiger partial charge in [-0.15, -0.1) is 11.6 Å². The molecule has 0 aliphatic carbocycles. The highest BCUT2D eigenvalue weighted by Crippen LogP contribution is 2.44. The summed E-state index contributed by atoms with van der Waals surface area (Å²) in [6.45, 7) is 6.26. The second-order valence-electron chi connectivity index (χ2n) is 5.15. The van der Waals surface area contributed by atoms with Crippen molar-refractivity contribution in [1.82, 2.24) is 0 Å². The number of benzene rings is 1. The molecule has 1 N–H and O–H groups in total. The van der Waals surface area contributed by atoms with Crippen molar-refractivity contribution in [3.63, 3.8) is 0 Å². The van der Waals surface area contributed by atoms with Gasteiger partial charge in [-0.3, -0.25) is 4.79 Å². The number of aryl methyl sites for hydroxylation is 1. The maximum Gasteiger partial charge on any atom is 0.234 e. The molecule has 4 heteroatoms. The number of carbonyl (C=O) groups excluding carboxylic acids is 1. The molecule has 0 saturated carbocycles. The van der Waals surface area contributed by atoms with Gasteiger partial charge in [0, 0.05) is 11.4 Å². The minimum Gasteiger partial charge on any atom is -0.489 e. The van der Waals surface area contributed by atoms with Gasteiger partial charge in [-0.2, -0.15) is 0 Å². The highest BCUT2D eigenvalue weighted by atomic mass is 35.5. The highest BCUT2D eigenvalue weighted by molar-refractivity contribution is 6.18. The first-order valence-corrected chi connectivity index (χ1v) is 6.81. The Hall–Kier alpha value is -1.48. The zero-order valence-corrected chi connectivity index (χ0v) is 12.2. The Morgan fingerprint density at radius 1 is 1.37 bits per heavy atom. The molecule has 1 aromatic carbocycles. The van der Waals surface area contributed by atoms with E-state index in [0.717, 1.165) is 22.6 Å². The molecule has 0 atom stereocenters. The summed E-state index contributed by atoms with van der Waals surface area (Å²) >= 11 is 5.57. The van der Waals surface area contributed by atoms with Crippen molar-refractivity contribution in [2.45, 2.75) is 26.2 Å². The van der Waals surface area contributed by atoms with Gasteiger partial charge >= 0.3 is 0 Å². The molecule has 0 aromatic heterocycles. The van der Waals surface area contributed by atoms with Crippen LogP contribution in [0.25, 0.3) is 0 Å². The molecule has 1 heterocycles. The van der Waals surface area contributed by atoms with E-state index >= 15 is 0 Å². The van der Waals surface area contributed by atoms with E-state index in [1.54, 1.807) is 0 Å². The number of ether oxygens (including phenoxy) is 1. The second-order valence-corrected chi connectivity index (χ2v) is 5.46. The molecule has 3 nitrogen and oxygen atoms in total. The van der Waals surface area contributed by atoms with Crippen molar-refractivity contribution in [2.75, 3.05) is 17.8 Å². The van der Waals surface area contributed by atoms with E-state index < -0.39 is 5.41 Å². The van der Waals surface area contributed by atoms with E-state index in [-0.39, 0.29) is 5.91 Å². The van der Waals surface area contributed by atoms with E-state index in [2.05, 4.69) is 5.32 Å². The first kappa shape index (κ1) is 13.9. The number of alkyl halides is 1. The molecule has 102 valence electrons. The summed E-state index contributed by atoms with van der Waals surface area (Å²) in [6, 6.07) is 3.88. The van der Waals surface area contributed by atoms with Crippen LogP contribution in [0.3, 0.4) is 0 Å². The number of allylic oxidation sites excluding steroid dienone is 1. The van der Waals surface area contributed by atoms with Crippen molar-refractivity contribution < 1.29 is 9.53 Å². The fourth-order valence-corrected chi connectivity index (χ4v) is 2.37. The van der Waals surface area contributed by atoms with Crippen molar-refractivity contribution in [3.8, 4) is 5.75 Å². The number of hydrogen-bond donors (Lipinski definition) is 1. The summed E-state index contributed by atoms with van der Waals surface area (Å²) in [7, 11) is 0. The van der Waals surface area contributed by atoms with Gasteiger partial charge in [0.1, 0.15) is 12.4 Å². The Kier molecular flexibility index (Phi) is 3.85. The van der Waals surface area contributed by atoms with Crippen LogP contribution in [0.1, 0.15) is 25.0 Å². The minimum absolute atomic E-state index is 0.0120. The van der Waals surface area contributed by atoms with Crippen LogP contribution in [0, 0.1) is 6.92 Å². The van der Waals surface area contributed by atoms with Crippen LogP contribution in [0.2, 0.25) is 0 Å². The maximum absolute atomic E-state index is 12.0. The molecule has 0 radical (unpaired) electrons. The van der Waals surface area contributed by atoms with E-state index in [9.17, 15) is 4.79 Å². The lowest BCUT2D eigenvalue weighted by Crippen LogP contribution is -2.27. The zero-order chi connectivity index (χ0) is 14.0. The Morgan fingerprint density at radius 2 is 2.11 bits per heavy atom. The topological polar surface area (TPSA) is 38.3 Å². The van der Waals surface area contributed by atoms with Crippen LogP contribution < -0.4 is 10.1 Å². The third-order valence-electron chi connectivity index (χ3n) is 3.40. The third-order valence-corrected chi connectivity index (χ3v) is 3.58. The largest absolute Gasteiger partial charge is 0.489 e. The van der Waals surface area contributed by atoms with Gasteiger partial charge in [-0.05, 0) is 32.4 Å². The Bertz CT molecular complexity index is 535. The summed E-state index contributed by atoms with van der Waals surface area (Å²) in [5.74, 6) is 1.24. The average Bonchev–Trinajstić information content (AvgIpc) is 2.60. The number of fused-ring (bicyclic) bond motifs is 1. The molecular formula is C15H18ClNO2. The monoisotopic (exact) mass is 279 g/mol. The minimum atomic E-state index is -0.563. The smallest absolute Gasteiger partial charge is 0.234 e. The second kappa shape index (κ2) is 5.25. The average molecular weight is 280 g/mol. The number of rotatable bonds is 4. The van der Waals surface area contributed by atoms with Gasteiger partial charge in [0.15, 0.2) is 0 Å². The third kappa shape index (κ3) is 2.47. The van der Waals surface area contributed by atoms with Crippen LogP contribution in [0.5, 0.6) is 5.75 Å². The predicted octanol–water partition coefficient (Wildman–Crippen LogP) is 3.40. The standard InChI is InChI=1S/C15H18ClNO2/c1-10-6-7-11(19-9-5-4-8-16)12-13(10)17-14(18)15(12,2)3/h4-7H,8-9H2,1-3H3,(H,17,18). The van der Waals surface area contributed by atoms with E-state index in [1.807, 2.05) is 45.1 Å². The Balaban J connectivity index is 2.35. The van der Waals surface area contributed by atoms with Gasteiger partial charge in [-0.25, -0.2) is 0 Å². The first-order valence-electron chi connectivity index (χ1n) is 6.27. The summed E-state index contributed by atoms with van der Waals surface area (Å²) in [5.41, 5.74) is 2.32. The number of anilines is 1. The molecule has 0 fully saturated rings. The van der Waals surface area contributed by atoms with Crippen molar-refractivity contribution in [1.29, 1.82) is 0 Å². The lowest BCUT2D eigenvalue weighted by atomic mass is 9.85. The molecule has 1 aliphatic heterocycles. The number of amides is 1. The number of hydrogen-bond acceptors (Lipinski definition) is 2. The van der Waals surface area contributed by atoms with Crippen molar-refractivity contribution in [2.24, 2.45) is 0 Å². The molecule has 0 spiro atoms. The van der Waals surface area contributed by atoms with Crippen LogP contribution in [-0.4, -0.2) is 18.4 Å². The molecule has 19 heavy (non-hydrogen) atoms. The zero-order valence-electron chi connectivity index (χ0n) is 11.4. The van der Waals surface area contributed by atoms with Gasteiger partial charge < -0.3 is 10.1 Å². The van der Waals surface area contributed by atoms with Gasteiger partial charge in [-0.1, -0.05) is 18.2 Å². The molecule has 2 rings (SSSR count). The number of carbonyl (C=O) groups is 1. The summed E-state index contributed by atoms with van der Waals surface area (Å²) < 4.78 is 5.75. The van der Waals surface area contributed by atoms with Gasteiger partial charge in [0.2, 0.25) is 5.91 Å². The summed E-state index contributed by atoms with van der Waals surface area (Å²) in [5, 5.41) is 2.94. The van der Waals surface area contributed by atoms with Crippen LogP contribution in [0.15, 0.2) is 24.3 Å². The molecule has 1 amide bonds. The SMILES string of the molecule is Cc1ccc(OCC=CCCl)c2c1NC(=O)C2(C)C. The summed E-state index contributed by atoms with van der Waals surface area (Å²) in [4.78, 5) is 12.0. The highest BCUT2D eigenvalue weighted by Gasteiger charge is 2.41. The fourth-order valence-electron chi connectivity index (χ4n) is 2.24. The normalized spacial score (nSPS) is 16.5. The predicted molar refractivity (Wildman–Crippen MR) is 78.2 cm³/mol.